The Balaban J connectivity index is 0.00000264. The fraction of sp³-hybridized carbons (Fsp3) is 0.750. The molecule has 2 unspecified atom stereocenters. The molecule has 2 atom stereocenters. The van der Waals surface area contributed by atoms with E-state index < -0.39 is 0 Å². The van der Waals surface area contributed by atoms with Gasteiger partial charge in [-0.25, -0.2) is 4.98 Å². The molecule has 0 spiro atoms. The van der Waals surface area contributed by atoms with E-state index in [1.165, 1.54) is 24.1 Å². The van der Waals surface area contributed by atoms with Crippen molar-refractivity contribution in [2.45, 2.75) is 57.7 Å². The maximum Gasteiger partial charge on any atom is 0.191 e. The first-order valence-corrected chi connectivity index (χ1v) is 10.2. The zero-order valence-electron chi connectivity index (χ0n) is 14.5. The number of guanidine groups is 1. The minimum atomic E-state index is 0. The summed E-state index contributed by atoms with van der Waals surface area (Å²) in [4.78, 5) is 10.6. The maximum absolute atomic E-state index is 4.74. The number of hydrogen-bond acceptors (Lipinski definition) is 4. The van der Waals surface area contributed by atoms with Gasteiger partial charge in [-0.05, 0) is 46.3 Å². The third kappa shape index (κ3) is 6.78. The molecule has 7 heteroatoms. The molecule has 0 aliphatic heterocycles. The van der Waals surface area contributed by atoms with E-state index in [0.717, 1.165) is 41.4 Å². The Bertz CT molecular complexity index is 504. The standard InChI is InChI=1S/C16H28N4S2.HI/c1-5-17-16(20-13-6-7-14(10-13)21-4)18-9-8-15-11(2)19-12(3)22-15;/h13-14H,5-10H2,1-4H3,(H2,17,18,20);1H. The Hall–Kier alpha value is -0.0200. The summed E-state index contributed by atoms with van der Waals surface area (Å²) in [7, 11) is 0. The van der Waals surface area contributed by atoms with E-state index in [0.29, 0.717) is 6.04 Å². The van der Waals surface area contributed by atoms with E-state index in [-0.39, 0.29) is 24.0 Å². The number of aryl methyl sites for hydroxylation is 2. The SMILES string of the molecule is CCNC(=NCCc1sc(C)nc1C)NC1CCC(SC)C1.I. The van der Waals surface area contributed by atoms with E-state index in [2.05, 4.69) is 42.6 Å². The van der Waals surface area contributed by atoms with Crippen molar-refractivity contribution in [2.75, 3.05) is 19.3 Å². The lowest BCUT2D eigenvalue weighted by Crippen LogP contribution is -2.42. The largest absolute Gasteiger partial charge is 0.357 e. The Morgan fingerprint density at radius 2 is 2.17 bits per heavy atom. The predicted molar refractivity (Wildman–Crippen MR) is 115 cm³/mol. The zero-order chi connectivity index (χ0) is 15.9. The summed E-state index contributed by atoms with van der Waals surface area (Å²) in [6.07, 6.45) is 7.01. The number of nitrogens with zero attached hydrogens (tertiary/aromatic N) is 2. The number of hydrogen-bond donors (Lipinski definition) is 2. The molecule has 1 saturated carbocycles. The van der Waals surface area contributed by atoms with E-state index in [4.69, 9.17) is 4.99 Å². The molecule has 0 bridgehead atoms. The Labute approximate surface area is 165 Å². The molecule has 2 N–H and O–H groups in total. The summed E-state index contributed by atoms with van der Waals surface area (Å²) in [5, 5.41) is 8.93. The summed E-state index contributed by atoms with van der Waals surface area (Å²) in [6.45, 7) is 8.00. The molecule has 1 heterocycles. The van der Waals surface area contributed by atoms with Gasteiger partial charge in [-0.15, -0.1) is 35.3 Å². The number of aromatic nitrogens is 1. The lowest BCUT2D eigenvalue weighted by molar-refractivity contribution is 0.615. The van der Waals surface area contributed by atoms with Crippen LogP contribution in [-0.4, -0.2) is 41.6 Å². The van der Waals surface area contributed by atoms with Crippen LogP contribution < -0.4 is 10.6 Å². The molecule has 0 amide bonds. The van der Waals surface area contributed by atoms with Gasteiger partial charge >= 0.3 is 0 Å². The summed E-state index contributed by atoms with van der Waals surface area (Å²) in [6, 6.07) is 0.572. The average Bonchev–Trinajstić information content (AvgIpc) is 3.05. The van der Waals surface area contributed by atoms with Crippen molar-refractivity contribution in [3.63, 3.8) is 0 Å². The molecule has 0 saturated heterocycles. The van der Waals surface area contributed by atoms with Crippen LogP contribution in [0.4, 0.5) is 0 Å². The summed E-state index contributed by atoms with van der Waals surface area (Å²) in [5.41, 5.74) is 1.16. The highest BCUT2D eigenvalue weighted by atomic mass is 127. The zero-order valence-corrected chi connectivity index (χ0v) is 18.5. The van der Waals surface area contributed by atoms with Crippen molar-refractivity contribution in [2.24, 2.45) is 4.99 Å². The van der Waals surface area contributed by atoms with Gasteiger partial charge in [0.25, 0.3) is 0 Å². The highest BCUT2D eigenvalue weighted by Gasteiger charge is 2.24. The number of rotatable bonds is 6. The van der Waals surface area contributed by atoms with Gasteiger partial charge in [0.1, 0.15) is 0 Å². The van der Waals surface area contributed by atoms with Gasteiger partial charge in [0.15, 0.2) is 5.96 Å². The van der Waals surface area contributed by atoms with E-state index in [1.54, 1.807) is 11.3 Å². The van der Waals surface area contributed by atoms with E-state index >= 15 is 0 Å². The first-order chi connectivity index (χ1) is 10.6. The van der Waals surface area contributed by atoms with Gasteiger partial charge in [-0.1, -0.05) is 0 Å². The summed E-state index contributed by atoms with van der Waals surface area (Å²) in [5.74, 6) is 0.966. The molecule has 4 nitrogen and oxygen atoms in total. The van der Waals surface area contributed by atoms with Gasteiger partial charge in [0.05, 0.1) is 10.7 Å². The lowest BCUT2D eigenvalue weighted by atomic mass is 10.2. The van der Waals surface area contributed by atoms with Crippen LogP contribution in [0.25, 0.3) is 0 Å². The molecule has 0 aromatic carbocycles. The van der Waals surface area contributed by atoms with Crippen molar-refractivity contribution in [1.29, 1.82) is 0 Å². The minimum Gasteiger partial charge on any atom is -0.357 e. The lowest BCUT2D eigenvalue weighted by Gasteiger charge is -2.17. The fourth-order valence-electron chi connectivity index (χ4n) is 2.87. The van der Waals surface area contributed by atoms with Crippen molar-refractivity contribution in [1.82, 2.24) is 15.6 Å². The molecular formula is C16H29IN4S2. The van der Waals surface area contributed by atoms with Crippen LogP contribution in [0.15, 0.2) is 4.99 Å². The smallest absolute Gasteiger partial charge is 0.191 e. The van der Waals surface area contributed by atoms with Crippen molar-refractivity contribution in [3.8, 4) is 0 Å². The van der Waals surface area contributed by atoms with Crippen LogP contribution in [0.1, 0.15) is 41.8 Å². The normalized spacial score (nSPS) is 21.1. The van der Waals surface area contributed by atoms with Crippen LogP contribution in [0.2, 0.25) is 0 Å². The second kappa shape index (κ2) is 10.8. The van der Waals surface area contributed by atoms with Gasteiger partial charge in [-0.3, -0.25) is 4.99 Å². The van der Waals surface area contributed by atoms with E-state index in [9.17, 15) is 0 Å². The number of thiazole rings is 1. The van der Waals surface area contributed by atoms with Gasteiger partial charge in [0.2, 0.25) is 0 Å². The second-order valence-corrected chi connectivity index (χ2v) is 8.19. The molecule has 1 aliphatic carbocycles. The molecule has 2 rings (SSSR count). The van der Waals surface area contributed by atoms with Crippen LogP contribution in [-0.2, 0) is 6.42 Å². The monoisotopic (exact) mass is 468 g/mol. The van der Waals surface area contributed by atoms with Crippen LogP contribution in [0.5, 0.6) is 0 Å². The quantitative estimate of drug-likeness (QED) is 0.379. The first kappa shape index (κ1) is 21.0. The minimum absolute atomic E-state index is 0. The Kier molecular flexibility index (Phi) is 9.84. The van der Waals surface area contributed by atoms with Crippen LogP contribution in [0, 0.1) is 13.8 Å². The van der Waals surface area contributed by atoms with Gasteiger partial charge < -0.3 is 10.6 Å². The van der Waals surface area contributed by atoms with Gasteiger partial charge in [0, 0.05) is 35.7 Å². The molecule has 1 fully saturated rings. The second-order valence-electron chi connectivity index (χ2n) is 5.76. The van der Waals surface area contributed by atoms with Crippen LogP contribution >= 0.6 is 47.1 Å². The van der Waals surface area contributed by atoms with Crippen LogP contribution in [0.3, 0.4) is 0 Å². The van der Waals surface area contributed by atoms with Crippen molar-refractivity contribution in [3.05, 3.63) is 15.6 Å². The number of nitrogens with one attached hydrogen (secondary N) is 2. The average molecular weight is 468 g/mol. The maximum atomic E-state index is 4.74. The molecule has 0 radical (unpaired) electrons. The molecule has 1 aromatic rings. The summed E-state index contributed by atoms with van der Waals surface area (Å²) >= 11 is 3.78. The van der Waals surface area contributed by atoms with Crippen molar-refractivity contribution >= 4 is 53.0 Å². The third-order valence-electron chi connectivity index (χ3n) is 4.01. The fourth-order valence-corrected chi connectivity index (χ4v) is 4.60. The molecule has 132 valence electrons. The molecule has 1 aromatic heterocycles. The predicted octanol–water partition coefficient (Wildman–Crippen LogP) is 3.76. The summed E-state index contributed by atoms with van der Waals surface area (Å²) < 4.78 is 0. The Morgan fingerprint density at radius 3 is 2.74 bits per heavy atom. The van der Waals surface area contributed by atoms with Crippen molar-refractivity contribution < 1.29 is 0 Å². The number of halogens is 1. The van der Waals surface area contributed by atoms with E-state index in [1.807, 2.05) is 11.8 Å². The third-order valence-corrected chi connectivity index (χ3v) is 6.24. The van der Waals surface area contributed by atoms with Gasteiger partial charge in [-0.2, -0.15) is 11.8 Å². The topological polar surface area (TPSA) is 49.3 Å². The highest BCUT2D eigenvalue weighted by molar-refractivity contribution is 14.0. The molecular weight excluding hydrogens is 439 g/mol. The first-order valence-electron chi connectivity index (χ1n) is 8.13. The number of aliphatic imine (C=N–C) groups is 1. The molecule has 1 aliphatic rings. The molecule has 23 heavy (non-hydrogen) atoms. The highest BCUT2D eigenvalue weighted by Crippen LogP contribution is 2.28. The number of thioether (sulfide) groups is 1. The Morgan fingerprint density at radius 1 is 1.39 bits per heavy atom.